The van der Waals surface area contributed by atoms with Crippen LogP contribution in [0.3, 0.4) is 0 Å². The van der Waals surface area contributed by atoms with Gasteiger partial charge in [0, 0.05) is 28.4 Å². The van der Waals surface area contributed by atoms with Crippen LogP contribution in [0.15, 0.2) is 48.5 Å². The fourth-order valence-corrected chi connectivity index (χ4v) is 3.04. The number of para-hydroxylation sites is 2. The van der Waals surface area contributed by atoms with Crippen LogP contribution in [0.25, 0.3) is 21.8 Å². The highest BCUT2D eigenvalue weighted by molar-refractivity contribution is 9.10. The number of benzene rings is 2. The third kappa shape index (κ3) is 2.10. The first kappa shape index (κ1) is 13.2. The number of carbonyl (C=O) groups is 1. The molecular formula is C16H14BrNO2. The first-order valence-corrected chi connectivity index (χ1v) is 7.32. The molecule has 1 heterocycles. The Morgan fingerprint density at radius 1 is 1.10 bits per heavy atom. The average Bonchev–Trinajstić information content (AvgIpc) is 2.81. The third-order valence-corrected chi connectivity index (χ3v) is 4.14. The number of methoxy groups -OCH3 is 1. The maximum atomic E-state index is 11.6. The summed E-state index contributed by atoms with van der Waals surface area (Å²) in [7, 11) is 1.41. The largest absolute Gasteiger partial charge is 0.468 e. The van der Waals surface area contributed by atoms with E-state index in [9.17, 15) is 4.79 Å². The summed E-state index contributed by atoms with van der Waals surface area (Å²) in [6.07, 6.45) is 0. The van der Waals surface area contributed by atoms with Gasteiger partial charge in [-0.2, -0.15) is 0 Å². The van der Waals surface area contributed by atoms with Crippen LogP contribution >= 0.6 is 15.9 Å². The normalized spacial score (nSPS) is 12.7. The van der Waals surface area contributed by atoms with E-state index in [0.717, 1.165) is 11.0 Å². The van der Waals surface area contributed by atoms with Gasteiger partial charge < -0.3 is 9.30 Å². The molecule has 0 radical (unpaired) electrons. The fraction of sp³-hybridized carbons (Fsp3) is 0.188. The summed E-state index contributed by atoms with van der Waals surface area (Å²) in [5.41, 5.74) is 2.25. The summed E-state index contributed by atoms with van der Waals surface area (Å²) in [6, 6.07) is 16.5. The van der Waals surface area contributed by atoms with E-state index in [0.29, 0.717) is 6.54 Å². The van der Waals surface area contributed by atoms with Gasteiger partial charge >= 0.3 is 5.97 Å². The first-order chi connectivity index (χ1) is 9.72. The lowest BCUT2D eigenvalue weighted by Gasteiger charge is -2.11. The van der Waals surface area contributed by atoms with Crippen LogP contribution in [0, 0.1) is 0 Å². The molecule has 0 aliphatic rings. The average molecular weight is 332 g/mol. The number of carbonyl (C=O) groups excluding carboxylic acids is 1. The number of esters is 1. The molecule has 2 aromatic carbocycles. The Balaban J connectivity index is 2.19. The van der Waals surface area contributed by atoms with Gasteiger partial charge in [0.1, 0.15) is 4.83 Å². The van der Waals surface area contributed by atoms with Gasteiger partial charge in [0.25, 0.3) is 0 Å². The lowest BCUT2D eigenvalue weighted by Crippen LogP contribution is -2.21. The zero-order chi connectivity index (χ0) is 14.1. The lowest BCUT2D eigenvalue weighted by atomic mass is 10.2. The number of hydrogen-bond donors (Lipinski definition) is 0. The molecule has 0 saturated heterocycles. The van der Waals surface area contributed by atoms with Crippen molar-refractivity contribution in [2.45, 2.75) is 11.4 Å². The molecule has 1 aromatic heterocycles. The maximum Gasteiger partial charge on any atom is 0.321 e. The van der Waals surface area contributed by atoms with Crippen LogP contribution in [0.4, 0.5) is 0 Å². The zero-order valence-corrected chi connectivity index (χ0v) is 12.6. The Labute approximate surface area is 125 Å². The van der Waals surface area contributed by atoms with Crippen molar-refractivity contribution in [3.05, 3.63) is 48.5 Å². The molecule has 0 saturated carbocycles. The number of rotatable bonds is 3. The summed E-state index contributed by atoms with van der Waals surface area (Å²) in [6.45, 7) is 0.542. The Kier molecular flexibility index (Phi) is 3.49. The topological polar surface area (TPSA) is 31.2 Å². The Hall–Kier alpha value is -1.81. The molecule has 1 unspecified atom stereocenters. The molecule has 3 nitrogen and oxygen atoms in total. The standard InChI is InChI=1S/C16H14BrNO2/c1-20-16(19)13(17)10-18-14-8-4-2-6-11(14)12-7-3-5-9-15(12)18/h2-9,13H,10H2,1H3. The second kappa shape index (κ2) is 5.29. The van der Waals surface area contributed by atoms with Crippen LogP contribution in [-0.4, -0.2) is 22.5 Å². The van der Waals surface area contributed by atoms with E-state index in [1.807, 2.05) is 24.3 Å². The minimum Gasteiger partial charge on any atom is -0.468 e. The van der Waals surface area contributed by atoms with Gasteiger partial charge in [0.05, 0.1) is 7.11 Å². The maximum absolute atomic E-state index is 11.6. The number of ether oxygens (including phenoxy) is 1. The molecule has 0 spiro atoms. The van der Waals surface area contributed by atoms with Gasteiger partial charge in [0.15, 0.2) is 0 Å². The third-order valence-electron chi connectivity index (χ3n) is 3.48. The summed E-state index contributed by atoms with van der Waals surface area (Å²) >= 11 is 3.40. The minimum absolute atomic E-state index is 0.258. The number of alkyl halides is 1. The molecule has 3 rings (SSSR count). The van der Waals surface area contributed by atoms with Gasteiger partial charge in [0.2, 0.25) is 0 Å². The predicted octanol–water partition coefficient (Wildman–Crippen LogP) is 3.73. The van der Waals surface area contributed by atoms with Crippen LogP contribution in [0.2, 0.25) is 0 Å². The highest BCUT2D eigenvalue weighted by Gasteiger charge is 2.18. The predicted molar refractivity (Wildman–Crippen MR) is 84.2 cm³/mol. The van der Waals surface area contributed by atoms with E-state index < -0.39 is 0 Å². The molecular weight excluding hydrogens is 318 g/mol. The molecule has 4 heteroatoms. The summed E-state index contributed by atoms with van der Waals surface area (Å²) < 4.78 is 6.94. The SMILES string of the molecule is COC(=O)C(Br)Cn1c2ccccc2c2ccccc21. The highest BCUT2D eigenvalue weighted by Crippen LogP contribution is 2.29. The molecule has 0 amide bonds. The Morgan fingerprint density at radius 3 is 2.10 bits per heavy atom. The van der Waals surface area contributed by atoms with E-state index >= 15 is 0 Å². The molecule has 0 N–H and O–H groups in total. The van der Waals surface area contributed by atoms with E-state index in [1.54, 1.807) is 0 Å². The second-order valence-electron chi connectivity index (χ2n) is 4.64. The number of fused-ring (bicyclic) bond motifs is 3. The van der Waals surface area contributed by atoms with Crippen molar-refractivity contribution in [1.29, 1.82) is 0 Å². The zero-order valence-electron chi connectivity index (χ0n) is 11.0. The molecule has 0 bridgehead atoms. The Bertz CT molecular complexity index is 725. The second-order valence-corrected chi connectivity index (χ2v) is 5.74. The van der Waals surface area contributed by atoms with Crippen LogP contribution in [-0.2, 0) is 16.1 Å². The van der Waals surface area contributed by atoms with Gasteiger partial charge in [-0.1, -0.05) is 52.3 Å². The van der Waals surface area contributed by atoms with E-state index in [1.165, 1.54) is 17.9 Å². The lowest BCUT2D eigenvalue weighted by molar-refractivity contribution is -0.140. The highest BCUT2D eigenvalue weighted by atomic mass is 79.9. The van der Waals surface area contributed by atoms with Crippen molar-refractivity contribution in [3.63, 3.8) is 0 Å². The monoisotopic (exact) mass is 331 g/mol. The molecule has 0 fully saturated rings. The molecule has 20 heavy (non-hydrogen) atoms. The van der Waals surface area contributed by atoms with Crippen molar-refractivity contribution in [1.82, 2.24) is 4.57 Å². The number of nitrogens with zero attached hydrogens (tertiary/aromatic N) is 1. The van der Waals surface area contributed by atoms with Crippen molar-refractivity contribution in [2.75, 3.05) is 7.11 Å². The summed E-state index contributed by atoms with van der Waals surface area (Å²) in [4.78, 5) is 11.3. The number of halogens is 1. The van der Waals surface area contributed by atoms with Crippen molar-refractivity contribution in [3.8, 4) is 0 Å². The summed E-state index contributed by atoms with van der Waals surface area (Å²) in [5.74, 6) is -0.258. The fourth-order valence-electron chi connectivity index (χ4n) is 2.56. The molecule has 0 aliphatic carbocycles. The summed E-state index contributed by atoms with van der Waals surface area (Å²) in [5, 5.41) is 2.40. The molecule has 1 atom stereocenters. The molecule has 102 valence electrons. The molecule has 3 aromatic rings. The van der Waals surface area contributed by atoms with Crippen molar-refractivity contribution < 1.29 is 9.53 Å². The van der Waals surface area contributed by atoms with E-state index in [-0.39, 0.29) is 10.8 Å². The van der Waals surface area contributed by atoms with Gasteiger partial charge in [-0.05, 0) is 12.1 Å². The van der Waals surface area contributed by atoms with Crippen LogP contribution in [0.5, 0.6) is 0 Å². The number of aromatic nitrogens is 1. The van der Waals surface area contributed by atoms with Gasteiger partial charge in [-0.3, -0.25) is 4.79 Å². The quantitative estimate of drug-likeness (QED) is 0.541. The van der Waals surface area contributed by atoms with Gasteiger partial charge in [-0.15, -0.1) is 0 Å². The minimum atomic E-state index is -0.355. The van der Waals surface area contributed by atoms with Crippen molar-refractivity contribution in [2.24, 2.45) is 0 Å². The smallest absolute Gasteiger partial charge is 0.321 e. The van der Waals surface area contributed by atoms with Crippen LogP contribution in [0.1, 0.15) is 0 Å². The Morgan fingerprint density at radius 2 is 1.60 bits per heavy atom. The van der Waals surface area contributed by atoms with E-state index in [4.69, 9.17) is 4.74 Å². The van der Waals surface area contributed by atoms with E-state index in [2.05, 4.69) is 44.8 Å². The number of hydrogen-bond acceptors (Lipinski definition) is 2. The van der Waals surface area contributed by atoms with Crippen molar-refractivity contribution >= 4 is 43.7 Å². The van der Waals surface area contributed by atoms with Crippen LogP contribution < -0.4 is 0 Å². The first-order valence-electron chi connectivity index (χ1n) is 6.40. The molecule has 0 aliphatic heterocycles. The van der Waals surface area contributed by atoms with Gasteiger partial charge in [-0.25, -0.2) is 0 Å².